The lowest BCUT2D eigenvalue weighted by molar-refractivity contribution is -0.132. The number of nitrogens with zero attached hydrogens (tertiary/aromatic N) is 4. The fourth-order valence-electron chi connectivity index (χ4n) is 3.27. The van der Waals surface area contributed by atoms with Crippen LogP contribution in [0.5, 0.6) is 0 Å². The third-order valence-corrected chi connectivity index (χ3v) is 5.80. The molecule has 3 rings (SSSR count). The molecule has 2 aromatic carbocycles. The highest BCUT2D eigenvalue weighted by Gasteiger charge is 2.17. The number of halogens is 2. The van der Waals surface area contributed by atoms with Crippen LogP contribution in [-0.4, -0.2) is 53.1 Å². The molecule has 0 unspecified atom stereocenters. The number of carbonyl (C=O) groups excluding carboxylic acids is 1. The minimum atomic E-state index is 0.0323. The van der Waals surface area contributed by atoms with Gasteiger partial charge in [-0.05, 0) is 63.8 Å². The number of carbonyl (C=O) groups is 1. The first-order valence-corrected chi connectivity index (χ1v) is 11.3. The molecule has 3 aromatic rings. The van der Waals surface area contributed by atoms with Crippen LogP contribution < -0.4 is 0 Å². The normalized spacial score (nSPS) is 11.2. The number of aryl methyl sites for hydroxylation is 2. The van der Waals surface area contributed by atoms with Gasteiger partial charge in [0.05, 0.1) is 10.0 Å². The van der Waals surface area contributed by atoms with E-state index in [-0.39, 0.29) is 5.91 Å². The number of amides is 1. The van der Waals surface area contributed by atoms with Crippen LogP contribution in [0.2, 0.25) is 10.0 Å². The van der Waals surface area contributed by atoms with Gasteiger partial charge in [0.15, 0.2) is 0 Å². The largest absolute Gasteiger partial charge is 0.421 e. The minimum absolute atomic E-state index is 0.0323. The molecule has 170 valence electrons. The predicted molar refractivity (Wildman–Crippen MR) is 128 cm³/mol. The monoisotopic (exact) mass is 474 g/mol. The van der Waals surface area contributed by atoms with Gasteiger partial charge in [0.1, 0.15) is 0 Å². The van der Waals surface area contributed by atoms with Crippen LogP contribution in [-0.2, 0) is 17.8 Å². The van der Waals surface area contributed by atoms with E-state index in [1.807, 2.05) is 62.3 Å². The molecule has 0 aliphatic rings. The second kappa shape index (κ2) is 11.5. The maximum Gasteiger partial charge on any atom is 0.247 e. The second-order valence-corrected chi connectivity index (χ2v) is 8.90. The molecule has 0 saturated carbocycles. The summed E-state index contributed by atoms with van der Waals surface area (Å²) in [7, 11) is 4.04. The van der Waals surface area contributed by atoms with Crippen molar-refractivity contribution >= 4 is 29.1 Å². The summed E-state index contributed by atoms with van der Waals surface area (Å²) in [4.78, 5) is 17.0. The molecule has 0 N–H and O–H groups in total. The Hall–Kier alpha value is -2.41. The van der Waals surface area contributed by atoms with Crippen LogP contribution >= 0.6 is 23.2 Å². The first-order valence-electron chi connectivity index (χ1n) is 10.6. The summed E-state index contributed by atoms with van der Waals surface area (Å²) < 4.78 is 5.77. The SMILES string of the molecule is Cc1ccc(-c2nnc(CCC(=O)N(CCCN(C)C)Cc3ccc(Cl)c(Cl)c3)o2)cc1. The topological polar surface area (TPSA) is 62.5 Å². The molecule has 0 bridgehead atoms. The van der Waals surface area contributed by atoms with Gasteiger partial charge >= 0.3 is 0 Å². The van der Waals surface area contributed by atoms with E-state index < -0.39 is 0 Å². The summed E-state index contributed by atoms with van der Waals surface area (Å²) in [5.41, 5.74) is 2.97. The Morgan fingerprint density at radius 1 is 1.00 bits per heavy atom. The number of benzene rings is 2. The Bertz CT molecular complexity index is 1030. The van der Waals surface area contributed by atoms with Crippen LogP contribution in [0.4, 0.5) is 0 Å². The van der Waals surface area contributed by atoms with Crippen molar-refractivity contribution in [1.82, 2.24) is 20.0 Å². The molecule has 8 heteroatoms. The van der Waals surface area contributed by atoms with Gasteiger partial charge in [-0.25, -0.2) is 0 Å². The van der Waals surface area contributed by atoms with Gasteiger partial charge in [0, 0.05) is 31.5 Å². The molecule has 1 amide bonds. The van der Waals surface area contributed by atoms with Crippen molar-refractivity contribution in [3.8, 4) is 11.5 Å². The molecule has 1 heterocycles. The van der Waals surface area contributed by atoms with Crippen LogP contribution in [0.25, 0.3) is 11.5 Å². The quantitative estimate of drug-likeness (QED) is 0.400. The molecule has 6 nitrogen and oxygen atoms in total. The van der Waals surface area contributed by atoms with Crippen molar-refractivity contribution in [1.29, 1.82) is 0 Å². The Balaban J connectivity index is 1.63. The molecule has 0 saturated heterocycles. The number of aromatic nitrogens is 2. The van der Waals surface area contributed by atoms with E-state index in [1.54, 1.807) is 6.07 Å². The summed E-state index contributed by atoms with van der Waals surface area (Å²) in [5.74, 6) is 0.952. The average molecular weight is 475 g/mol. The lowest BCUT2D eigenvalue weighted by Gasteiger charge is -2.24. The molecular weight excluding hydrogens is 447 g/mol. The van der Waals surface area contributed by atoms with E-state index in [2.05, 4.69) is 15.1 Å². The summed E-state index contributed by atoms with van der Waals surface area (Å²) in [6.45, 7) is 4.04. The number of hydrogen-bond donors (Lipinski definition) is 0. The van der Waals surface area contributed by atoms with E-state index in [0.29, 0.717) is 47.8 Å². The number of hydrogen-bond acceptors (Lipinski definition) is 5. The molecule has 0 spiro atoms. The molecule has 0 aliphatic carbocycles. The third kappa shape index (κ3) is 7.05. The minimum Gasteiger partial charge on any atom is -0.421 e. The molecule has 0 aliphatic heterocycles. The zero-order chi connectivity index (χ0) is 23.1. The van der Waals surface area contributed by atoms with Crippen molar-refractivity contribution in [2.24, 2.45) is 0 Å². The summed E-state index contributed by atoms with van der Waals surface area (Å²) in [5, 5.41) is 9.22. The Labute approximate surface area is 199 Å². The van der Waals surface area contributed by atoms with Crippen LogP contribution in [0, 0.1) is 6.92 Å². The summed E-state index contributed by atoms with van der Waals surface area (Å²) >= 11 is 12.2. The van der Waals surface area contributed by atoms with Crippen LogP contribution in [0.15, 0.2) is 46.9 Å². The maximum absolute atomic E-state index is 13.0. The zero-order valence-electron chi connectivity index (χ0n) is 18.6. The van der Waals surface area contributed by atoms with Gasteiger partial charge in [0.2, 0.25) is 17.7 Å². The molecule has 1 aromatic heterocycles. The molecule has 32 heavy (non-hydrogen) atoms. The molecule has 0 atom stereocenters. The van der Waals surface area contributed by atoms with Crippen molar-refractivity contribution in [2.45, 2.75) is 32.7 Å². The fourth-order valence-corrected chi connectivity index (χ4v) is 3.59. The summed E-state index contributed by atoms with van der Waals surface area (Å²) in [6, 6.07) is 13.3. The lowest BCUT2D eigenvalue weighted by atomic mass is 10.1. The lowest BCUT2D eigenvalue weighted by Crippen LogP contribution is -2.33. The van der Waals surface area contributed by atoms with Crippen LogP contribution in [0.1, 0.15) is 29.9 Å². The molecule has 0 radical (unpaired) electrons. The Kier molecular flexibility index (Phi) is 8.67. The standard InChI is InChI=1S/C24H28Cl2N4O2/c1-17-5-8-19(9-6-17)24-28-27-22(32-24)11-12-23(31)30(14-4-13-29(2)3)16-18-7-10-20(25)21(26)15-18/h5-10,15H,4,11-14,16H2,1-3H3. The van der Waals surface area contributed by atoms with Crippen LogP contribution in [0.3, 0.4) is 0 Å². The molecule has 0 fully saturated rings. The van der Waals surface area contributed by atoms with Gasteiger partial charge in [-0.1, -0.05) is 47.0 Å². The van der Waals surface area contributed by atoms with Gasteiger partial charge < -0.3 is 14.2 Å². The fraction of sp³-hybridized carbons (Fsp3) is 0.375. The zero-order valence-corrected chi connectivity index (χ0v) is 20.2. The van der Waals surface area contributed by atoms with E-state index >= 15 is 0 Å². The molecular formula is C24H28Cl2N4O2. The van der Waals surface area contributed by atoms with Crippen molar-refractivity contribution in [3.63, 3.8) is 0 Å². The van der Waals surface area contributed by atoms with E-state index in [4.69, 9.17) is 27.6 Å². The highest BCUT2D eigenvalue weighted by molar-refractivity contribution is 6.42. The van der Waals surface area contributed by atoms with Crippen molar-refractivity contribution in [3.05, 3.63) is 69.5 Å². The third-order valence-electron chi connectivity index (χ3n) is 5.06. The Morgan fingerprint density at radius 2 is 1.75 bits per heavy atom. The summed E-state index contributed by atoms with van der Waals surface area (Å²) in [6.07, 6.45) is 1.56. The van der Waals surface area contributed by atoms with E-state index in [1.165, 1.54) is 0 Å². The van der Waals surface area contributed by atoms with Gasteiger partial charge in [-0.2, -0.15) is 0 Å². The Morgan fingerprint density at radius 3 is 2.44 bits per heavy atom. The maximum atomic E-state index is 13.0. The van der Waals surface area contributed by atoms with E-state index in [0.717, 1.165) is 29.7 Å². The van der Waals surface area contributed by atoms with Gasteiger partial charge in [0.25, 0.3) is 0 Å². The highest BCUT2D eigenvalue weighted by atomic mass is 35.5. The van der Waals surface area contributed by atoms with Crippen molar-refractivity contribution in [2.75, 3.05) is 27.2 Å². The van der Waals surface area contributed by atoms with Gasteiger partial charge in [-0.3, -0.25) is 4.79 Å². The first-order chi connectivity index (χ1) is 15.3. The first kappa shape index (κ1) is 24.2. The second-order valence-electron chi connectivity index (χ2n) is 8.09. The average Bonchev–Trinajstić information content (AvgIpc) is 3.23. The number of rotatable bonds is 10. The van der Waals surface area contributed by atoms with Gasteiger partial charge in [-0.15, -0.1) is 10.2 Å². The highest BCUT2D eigenvalue weighted by Crippen LogP contribution is 2.24. The smallest absolute Gasteiger partial charge is 0.247 e. The predicted octanol–water partition coefficient (Wildman–Crippen LogP) is 5.26. The van der Waals surface area contributed by atoms with Crippen molar-refractivity contribution < 1.29 is 9.21 Å². The van der Waals surface area contributed by atoms with E-state index in [9.17, 15) is 4.79 Å².